The van der Waals surface area contributed by atoms with Crippen molar-refractivity contribution >= 4 is 31.6 Å². The van der Waals surface area contributed by atoms with Gasteiger partial charge in [0.1, 0.15) is 0 Å². The van der Waals surface area contributed by atoms with Gasteiger partial charge in [0.2, 0.25) is 26.0 Å². The molecule has 0 radical (unpaired) electrons. The van der Waals surface area contributed by atoms with Crippen LogP contribution in [0.2, 0.25) is 0 Å². The van der Waals surface area contributed by atoms with Crippen molar-refractivity contribution in [3.63, 3.8) is 0 Å². The zero-order chi connectivity index (χ0) is 25.6. The van der Waals surface area contributed by atoms with E-state index in [9.17, 15) is 21.6 Å². The Morgan fingerprint density at radius 3 is 2.29 bits per heavy atom. The number of amides is 1. The minimum absolute atomic E-state index is 0.104. The lowest BCUT2D eigenvalue weighted by molar-refractivity contribution is -0.120. The monoisotopic (exact) mass is 520 g/mol. The molecule has 190 valence electrons. The van der Waals surface area contributed by atoms with E-state index in [0.29, 0.717) is 19.5 Å². The summed E-state index contributed by atoms with van der Waals surface area (Å²) in [6.07, 6.45) is 0.833. The standard InChI is InChI=1S/C24H32N4O5S2/c1-4-34(30,31)26-17-21-13-14-28(18-21)35(32,33)23-11-7-20(8-12-23)16-25-24(29)15-19-5-9-22(10-6-19)27(2)3/h4-12,21,26H,1,13-18H2,2-3H3,(H,25,29). The highest BCUT2D eigenvalue weighted by Gasteiger charge is 2.32. The summed E-state index contributed by atoms with van der Waals surface area (Å²) in [4.78, 5) is 14.5. The second-order valence-electron chi connectivity index (χ2n) is 8.74. The average Bonchev–Trinajstić information content (AvgIpc) is 3.32. The largest absolute Gasteiger partial charge is 0.378 e. The van der Waals surface area contributed by atoms with Gasteiger partial charge in [0, 0.05) is 51.4 Å². The van der Waals surface area contributed by atoms with Crippen LogP contribution in [0.15, 0.2) is 65.4 Å². The number of carbonyl (C=O) groups excluding carboxylic acids is 1. The number of carbonyl (C=O) groups is 1. The maximum Gasteiger partial charge on any atom is 0.243 e. The van der Waals surface area contributed by atoms with Crippen LogP contribution in [0.3, 0.4) is 0 Å². The molecule has 1 unspecified atom stereocenters. The summed E-state index contributed by atoms with van der Waals surface area (Å²) < 4.78 is 52.8. The minimum atomic E-state index is -3.68. The molecule has 2 N–H and O–H groups in total. The molecule has 2 aromatic rings. The van der Waals surface area contributed by atoms with Crippen molar-refractivity contribution in [1.82, 2.24) is 14.3 Å². The molecule has 3 rings (SSSR count). The van der Waals surface area contributed by atoms with Gasteiger partial charge in [-0.3, -0.25) is 4.79 Å². The summed E-state index contributed by atoms with van der Waals surface area (Å²) in [6, 6.07) is 14.2. The van der Waals surface area contributed by atoms with E-state index in [2.05, 4.69) is 16.6 Å². The molecule has 1 aliphatic heterocycles. The quantitative estimate of drug-likeness (QED) is 0.466. The molecule has 0 spiro atoms. The van der Waals surface area contributed by atoms with Crippen LogP contribution in [-0.2, 0) is 37.8 Å². The van der Waals surface area contributed by atoms with E-state index in [0.717, 1.165) is 22.2 Å². The number of benzene rings is 2. The first kappa shape index (κ1) is 26.9. The van der Waals surface area contributed by atoms with Gasteiger partial charge in [-0.15, -0.1) is 0 Å². The Bertz CT molecular complexity index is 1240. The number of rotatable bonds is 11. The van der Waals surface area contributed by atoms with Gasteiger partial charge in [-0.1, -0.05) is 30.8 Å². The van der Waals surface area contributed by atoms with E-state index in [4.69, 9.17) is 0 Å². The van der Waals surface area contributed by atoms with E-state index in [1.807, 2.05) is 43.3 Å². The number of nitrogens with one attached hydrogen (secondary N) is 2. The van der Waals surface area contributed by atoms with Crippen molar-refractivity contribution in [2.45, 2.75) is 24.3 Å². The number of hydrogen-bond acceptors (Lipinski definition) is 6. The molecule has 35 heavy (non-hydrogen) atoms. The SMILES string of the molecule is C=CS(=O)(=O)NCC1CCN(S(=O)(=O)c2ccc(CNC(=O)Cc3ccc(N(C)C)cc3)cc2)C1. The predicted molar refractivity (Wildman–Crippen MR) is 137 cm³/mol. The fourth-order valence-electron chi connectivity index (χ4n) is 3.76. The molecule has 1 saturated heterocycles. The number of sulfonamides is 2. The van der Waals surface area contributed by atoms with Gasteiger partial charge in [0.15, 0.2) is 0 Å². The topological polar surface area (TPSA) is 116 Å². The first-order valence-electron chi connectivity index (χ1n) is 11.2. The van der Waals surface area contributed by atoms with Crippen LogP contribution >= 0.6 is 0 Å². The third-order valence-corrected chi connectivity index (χ3v) is 8.80. The Hall–Kier alpha value is -2.73. The molecule has 1 amide bonds. The van der Waals surface area contributed by atoms with Crippen molar-refractivity contribution < 1.29 is 21.6 Å². The molecule has 1 aliphatic rings. The van der Waals surface area contributed by atoms with Crippen LogP contribution in [0, 0.1) is 5.92 Å². The highest BCUT2D eigenvalue weighted by molar-refractivity contribution is 7.92. The van der Waals surface area contributed by atoms with Gasteiger partial charge >= 0.3 is 0 Å². The van der Waals surface area contributed by atoms with Gasteiger partial charge in [0.05, 0.1) is 11.3 Å². The Balaban J connectivity index is 1.51. The number of anilines is 1. The number of hydrogen-bond donors (Lipinski definition) is 2. The van der Waals surface area contributed by atoms with E-state index in [1.165, 1.54) is 16.4 Å². The van der Waals surface area contributed by atoms with Crippen molar-refractivity contribution in [2.24, 2.45) is 5.92 Å². The lowest BCUT2D eigenvalue weighted by Gasteiger charge is -2.17. The normalized spacial score (nSPS) is 16.7. The molecule has 0 aliphatic carbocycles. The highest BCUT2D eigenvalue weighted by atomic mass is 32.2. The molecule has 9 nitrogen and oxygen atoms in total. The van der Waals surface area contributed by atoms with Gasteiger partial charge in [-0.25, -0.2) is 21.6 Å². The van der Waals surface area contributed by atoms with Crippen molar-refractivity contribution in [3.8, 4) is 0 Å². The summed E-state index contributed by atoms with van der Waals surface area (Å²) >= 11 is 0. The summed E-state index contributed by atoms with van der Waals surface area (Å²) in [5, 5.41) is 3.70. The van der Waals surface area contributed by atoms with Gasteiger partial charge < -0.3 is 10.2 Å². The van der Waals surface area contributed by atoms with Gasteiger partial charge in [-0.2, -0.15) is 4.31 Å². The highest BCUT2D eigenvalue weighted by Crippen LogP contribution is 2.24. The van der Waals surface area contributed by atoms with E-state index in [-0.39, 0.29) is 36.2 Å². The van der Waals surface area contributed by atoms with Gasteiger partial charge in [0.25, 0.3) is 0 Å². The zero-order valence-corrected chi connectivity index (χ0v) is 21.6. The Morgan fingerprint density at radius 1 is 1.06 bits per heavy atom. The molecule has 0 aromatic heterocycles. The second-order valence-corrected chi connectivity index (χ2v) is 12.4. The minimum Gasteiger partial charge on any atom is -0.378 e. The van der Waals surface area contributed by atoms with Crippen LogP contribution in [0.5, 0.6) is 0 Å². The zero-order valence-electron chi connectivity index (χ0n) is 20.0. The number of nitrogens with zero attached hydrogens (tertiary/aromatic N) is 2. The first-order valence-corrected chi connectivity index (χ1v) is 14.2. The molecule has 1 atom stereocenters. The Morgan fingerprint density at radius 2 is 1.69 bits per heavy atom. The molecule has 1 fully saturated rings. The van der Waals surface area contributed by atoms with Crippen LogP contribution < -0.4 is 14.9 Å². The van der Waals surface area contributed by atoms with Crippen LogP contribution in [-0.4, -0.2) is 60.8 Å². The maximum atomic E-state index is 13.0. The molecular formula is C24H32N4O5S2. The molecule has 0 bridgehead atoms. The van der Waals surface area contributed by atoms with Crippen LogP contribution in [0.25, 0.3) is 0 Å². The summed E-state index contributed by atoms with van der Waals surface area (Å²) in [6.45, 7) is 4.28. The Labute approximate surface area is 207 Å². The van der Waals surface area contributed by atoms with E-state index in [1.54, 1.807) is 12.1 Å². The van der Waals surface area contributed by atoms with Gasteiger partial charge in [-0.05, 0) is 47.7 Å². The molecule has 11 heteroatoms. The first-order chi connectivity index (χ1) is 16.5. The second kappa shape index (κ2) is 11.3. The fourth-order valence-corrected chi connectivity index (χ4v) is 5.88. The predicted octanol–water partition coefficient (Wildman–Crippen LogP) is 1.69. The Kier molecular flexibility index (Phi) is 8.70. The van der Waals surface area contributed by atoms with E-state index >= 15 is 0 Å². The summed E-state index contributed by atoms with van der Waals surface area (Å²) in [7, 11) is -3.31. The maximum absolute atomic E-state index is 13.0. The lowest BCUT2D eigenvalue weighted by atomic mass is 10.1. The molecule has 2 aromatic carbocycles. The molecule has 0 saturated carbocycles. The van der Waals surface area contributed by atoms with E-state index < -0.39 is 20.0 Å². The smallest absolute Gasteiger partial charge is 0.243 e. The van der Waals surface area contributed by atoms with Crippen LogP contribution in [0.1, 0.15) is 17.5 Å². The van der Waals surface area contributed by atoms with Crippen molar-refractivity contribution in [3.05, 3.63) is 71.6 Å². The summed E-state index contributed by atoms with van der Waals surface area (Å²) in [5.41, 5.74) is 2.76. The average molecular weight is 521 g/mol. The van der Waals surface area contributed by atoms with Crippen molar-refractivity contribution in [1.29, 1.82) is 0 Å². The molecular weight excluding hydrogens is 488 g/mol. The summed E-state index contributed by atoms with van der Waals surface area (Å²) in [5.74, 6) is -0.220. The lowest BCUT2D eigenvalue weighted by Crippen LogP contribution is -2.32. The third-order valence-electron chi connectivity index (χ3n) is 5.91. The fraction of sp³-hybridized carbons (Fsp3) is 0.375. The van der Waals surface area contributed by atoms with Crippen LogP contribution in [0.4, 0.5) is 5.69 Å². The molecule has 1 heterocycles. The van der Waals surface area contributed by atoms with Crippen molar-refractivity contribution in [2.75, 3.05) is 38.6 Å². The third kappa shape index (κ3) is 7.38.